The molecule has 0 amide bonds. The van der Waals surface area contributed by atoms with Crippen LogP contribution in [0.1, 0.15) is 6.42 Å². The Morgan fingerprint density at radius 1 is 1.69 bits per heavy atom. The van der Waals surface area contributed by atoms with Crippen LogP contribution in [0.3, 0.4) is 0 Å². The highest BCUT2D eigenvalue weighted by molar-refractivity contribution is 5.51. The number of hydrogen-bond acceptors (Lipinski definition) is 4. The summed E-state index contributed by atoms with van der Waals surface area (Å²) in [5, 5.41) is 8.89. The third-order valence-corrected chi connectivity index (χ3v) is 2.74. The summed E-state index contributed by atoms with van der Waals surface area (Å²) in [4.78, 5) is 5.88. The van der Waals surface area contributed by atoms with E-state index in [-0.39, 0.29) is 11.6 Å². The van der Waals surface area contributed by atoms with Crippen molar-refractivity contribution in [3.8, 4) is 6.19 Å². The first-order valence-electron chi connectivity index (χ1n) is 4.29. The molecule has 0 saturated carbocycles. The van der Waals surface area contributed by atoms with Crippen LogP contribution in [0.2, 0.25) is 0 Å². The zero-order valence-corrected chi connectivity index (χ0v) is 7.31. The van der Waals surface area contributed by atoms with Crippen molar-refractivity contribution in [1.29, 1.82) is 5.26 Å². The normalized spacial score (nSPS) is 30.7. The largest absolute Gasteiger partial charge is 0.390 e. The maximum Gasteiger partial charge on any atom is 0.180 e. The van der Waals surface area contributed by atoms with Crippen LogP contribution in [0.5, 0.6) is 0 Å². The van der Waals surface area contributed by atoms with E-state index < -0.39 is 0 Å². The first-order chi connectivity index (χ1) is 6.30. The molecule has 5 heteroatoms. The fourth-order valence-corrected chi connectivity index (χ4v) is 2.00. The van der Waals surface area contributed by atoms with E-state index in [4.69, 9.17) is 15.7 Å². The van der Waals surface area contributed by atoms with Gasteiger partial charge in [-0.1, -0.05) is 0 Å². The number of nitriles is 1. The molecule has 2 saturated heterocycles. The van der Waals surface area contributed by atoms with Crippen molar-refractivity contribution >= 4 is 6.34 Å². The van der Waals surface area contributed by atoms with E-state index in [1.807, 2.05) is 0 Å². The lowest BCUT2D eigenvalue weighted by molar-refractivity contribution is -0.105. The SMILES string of the molecule is N#CN1CC(N=CN)CC12COC2. The summed E-state index contributed by atoms with van der Waals surface area (Å²) in [6.45, 7) is 1.97. The minimum Gasteiger partial charge on any atom is -0.390 e. The molecule has 2 aliphatic heterocycles. The van der Waals surface area contributed by atoms with Crippen molar-refractivity contribution in [3.05, 3.63) is 0 Å². The zero-order valence-electron chi connectivity index (χ0n) is 7.31. The van der Waals surface area contributed by atoms with E-state index in [0.717, 1.165) is 6.42 Å². The fourth-order valence-electron chi connectivity index (χ4n) is 2.00. The Labute approximate surface area is 76.8 Å². The summed E-state index contributed by atoms with van der Waals surface area (Å²) < 4.78 is 5.14. The summed E-state index contributed by atoms with van der Waals surface area (Å²) in [5.41, 5.74) is 5.16. The van der Waals surface area contributed by atoms with Gasteiger partial charge in [-0.25, -0.2) is 0 Å². The van der Waals surface area contributed by atoms with Gasteiger partial charge in [-0.2, -0.15) is 5.26 Å². The van der Waals surface area contributed by atoms with Crippen molar-refractivity contribution in [3.63, 3.8) is 0 Å². The van der Waals surface area contributed by atoms with Gasteiger partial charge in [-0.15, -0.1) is 0 Å². The van der Waals surface area contributed by atoms with Crippen molar-refractivity contribution in [2.24, 2.45) is 10.7 Å². The molecule has 0 aromatic rings. The molecule has 1 atom stereocenters. The number of nitrogens with zero attached hydrogens (tertiary/aromatic N) is 3. The summed E-state index contributed by atoms with van der Waals surface area (Å²) in [5.74, 6) is 0. The maximum atomic E-state index is 8.89. The second-order valence-electron chi connectivity index (χ2n) is 3.58. The number of hydrogen-bond donors (Lipinski definition) is 1. The van der Waals surface area contributed by atoms with Gasteiger partial charge in [0.1, 0.15) is 0 Å². The monoisotopic (exact) mass is 180 g/mol. The van der Waals surface area contributed by atoms with Gasteiger partial charge in [0.25, 0.3) is 0 Å². The van der Waals surface area contributed by atoms with Gasteiger partial charge >= 0.3 is 0 Å². The topological polar surface area (TPSA) is 74.6 Å². The van der Waals surface area contributed by atoms with Crippen LogP contribution in [-0.4, -0.2) is 42.6 Å². The fraction of sp³-hybridized carbons (Fsp3) is 0.750. The third-order valence-electron chi connectivity index (χ3n) is 2.74. The van der Waals surface area contributed by atoms with Crippen LogP contribution in [0.4, 0.5) is 0 Å². The molecule has 0 aliphatic carbocycles. The summed E-state index contributed by atoms with van der Waals surface area (Å²) in [6, 6.07) is 0.161. The molecule has 2 fully saturated rings. The molecule has 70 valence electrons. The van der Waals surface area contributed by atoms with Crippen molar-refractivity contribution in [1.82, 2.24) is 4.90 Å². The van der Waals surface area contributed by atoms with Crippen molar-refractivity contribution in [2.45, 2.75) is 18.0 Å². The molecule has 0 aromatic heterocycles. The quantitative estimate of drug-likeness (QED) is 0.329. The lowest BCUT2D eigenvalue weighted by atomic mass is 9.93. The van der Waals surface area contributed by atoms with Gasteiger partial charge < -0.3 is 10.5 Å². The highest BCUT2D eigenvalue weighted by atomic mass is 16.5. The summed E-state index contributed by atoms with van der Waals surface area (Å²) in [7, 11) is 0. The molecular weight excluding hydrogens is 168 g/mol. The molecule has 0 aromatic carbocycles. The molecular formula is C8H12N4O. The van der Waals surface area contributed by atoms with E-state index in [0.29, 0.717) is 19.8 Å². The lowest BCUT2D eigenvalue weighted by Crippen LogP contribution is -2.56. The second kappa shape index (κ2) is 2.89. The van der Waals surface area contributed by atoms with Crippen LogP contribution < -0.4 is 5.73 Å². The standard InChI is InChI=1S/C8H12N4O/c9-5-11-7-1-8(3-13-4-8)12(2-7)6-10/h5,7H,1-4H2,(H2,9,11). The van der Waals surface area contributed by atoms with Crippen LogP contribution in [-0.2, 0) is 4.74 Å². The first kappa shape index (κ1) is 8.32. The number of likely N-dealkylation sites (tertiary alicyclic amines) is 1. The number of rotatable bonds is 1. The Balaban J connectivity index is 2.09. The summed E-state index contributed by atoms with van der Waals surface area (Å²) >= 11 is 0. The molecule has 13 heavy (non-hydrogen) atoms. The summed E-state index contributed by atoms with van der Waals surface area (Å²) in [6.07, 6.45) is 4.39. The van der Waals surface area contributed by atoms with Crippen LogP contribution in [0.15, 0.2) is 4.99 Å². The third kappa shape index (κ3) is 1.14. The molecule has 2 N–H and O–H groups in total. The van der Waals surface area contributed by atoms with E-state index in [1.165, 1.54) is 6.34 Å². The van der Waals surface area contributed by atoms with E-state index in [2.05, 4.69) is 11.2 Å². The smallest absolute Gasteiger partial charge is 0.180 e. The molecule has 2 rings (SSSR count). The van der Waals surface area contributed by atoms with Crippen molar-refractivity contribution < 1.29 is 4.74 Å². The molecule has 0 radical (unpaired) electrons. The van der Waals surface area contributed by atoms with Crippen LogP contribution >= 0.6 is 0 Å². The molecule has 1 spiro atoms. The number of aliphatic imine (C=N–C) groups is 1. The van der Waals surface area contributed by atoms with Crippen LogP contribution in [0.25, 0.3) is 0 Å². The molecule has 2 aliphatic rings. The van der Waals surface area contributed by atoms with Gasteiger partial charge in [0.2, 0.25) is 0 Å². The molecule has 1 unspecified atom stereocenters. The highest BCUT2D eigenvalue weighted by Crippen LogP contribution is 2.36. The highest BCUT2D eigenvalue weighted by Gasteiger charge is 2.51. The average molecular weight is 180 g/mol. The van der Waals surface area contributed by atoms with Gasteiger partial charge in [0.15, 0.2) is 6.19 Å². The first-order valence-corrected chi connectivity index (χ1v) is 4.29. The lowest BCUT2D eigenvalue weighted by Gasteiger charge is -2.42. The molecule has 5 nitrogen and oxygen atoms in total. The zero-order chi connectivity index (χ0) is 9.31. The van der Waals surface area contributed by atoms with E-state index in [1.54, 1.807) is 4.90 Å². The minimum absolute atomic E-state index is 0.0636. The Morgan fingerprint density at radius 3 is 2.85 bits per heavy atom. The van der Waals surface area contributed by atoms with Crippen LogP contribution in [0, 0.1) is 11.5 Å². The van der Waals surface area contributed by atoms with E-state index >= 15 is 0 Å². The maximum absolute atomic E-state index is 8.89. The Hall–Kier alpha value is -1.28. The Kier molecular flexibility index (Phi) is 1.85. The second-order valence-corrected chi connectivity index (χ2v) is 3.58. The van der Waals surface area contributed by atoms with Gasteiger partial charge in [-0.05, 0) is 6.42 Å². The van der Waals surface area contributed by atoms with Gasteiger partial charge in [0.05, 0.1) is 37.7 Å². The number of nitrogens with two attached hydrogens (primary N) is 1. The van der Waals surface area contributed by atoms with Gasteiger partial charge in [0, 0.05) is 0 Å². The Bertz CT molecular complexity index is 266. The predicted molar refractivity (Wildman–Crippen MR) is 47.0 cm³/mol. The van der Waals surface area contributed by atoms with E-state index in [9.17, 15) is 0 Å². The average Bonchev–Trinajstić information content (AvgIpc) is 2.43. The predicted octanol–water partition coefficient (Wildman–Crippen LogP) is -0.702. The minimum atomic E-state index is -0.0636. The molecule has 0 bridgehead atoms. The van der Waals surface area contributed by atoms with Gasteiger partial charge in [-0.3, -0.25) is 9.89 Å². The Morgan fingerprint density at radius 2 is 2.46 bits per heavy atom. The number of ether oxygens (including phenoxy) is 1. The molecule has 2 heterocycles. The van der Waals surface area contributed by atoms with Crippen molar-refractivity contribution in [2.75, 3.05) is 19.8 Å².